The van der Waals surface area contributed by atoms with Crippen LogP contribution in [0.4, 0.5) is 11.4 Å². The number of nitrogens with zero attached hydrogens (tertiary/aromatic N) is 3. The molecular formula is C24H25N3O2S2. The molecule has 31 heavy (non-hydrogen) atoms. The van der Waals surface area contributed by atoms with E-state index in [0.29, 0.717) is 23.0 Å². The third kappa shape index (κ3) is 4.29. The number of anilines is 1. The van der Waals surface area contributed by atoms with Crippen molar-refractivity contribution in [1.82, 2.24) is 4.90 Å². The molecule has 1 fully saturated rings. The van der Waals surface area contributed by atoms with Gasteiger partial charge < -0.3 is 4.90 Å². The van der Waals surface area contributed by atoms with Crippen LogP contribution < -0.4 is 4.90 Å². The highest BCUT2D eigenvalue weighted by atomic mass is 32.2. The quantitative estimate of drug-likeness (QED) is 0.395. The van der Waals surface area contributed by atoms with E-state index in [-0.39, 0.29) is 11.7 Å². The number of rotatable bonds is 6. The van der Waals surface area contributed by atoms with E-state index in [1.54, 1.807) is 35.7 Å². The molecule has 7 heteroatoms. The fraction of sp³-hybridized carbons (Fsp3) is 0.292. The minimum Gasteiger partial charge on any atom is -0.334 e. The molecule has 0 aliphatic carbocycles. The normalized spacial score (nSPS) is 19.5. The molecule has 2 aliphatic rings. The van der Waals surface area contributed by atoms with Crippen molar-refractivity contribution in [2.45, 2.75) is 38.5 Å². The molecule has 2 aromatic carbocycles. The minimum atomic E-state index is 0.00144. The van der Waals surface area contributed by atoms with E-state index in [0.717, 1.165) is 35.0 Å². The topological polar surface area (TPSA) is 53.0 Å². The van der Waals surface area contributed by atoms with Gasteiger partial charge in [-0.3, -0.25) is 14.5 Å². The maximum atomic E-state index is 13.5. The molecule has 4 rings (SSSR count). The van der Waals surface area contributed by atoms with E-state index in [2.05, 4.69) is 30.9 Å². The van der Waals surface area contributed by atoms with Gasteiger partial charge in [-0.05, 0) is 56.3 Å². The lowest BCUT2D eigenvalue weighted by Crippen LogP contribution is -2.30. The number of carbonyl (C=O) groups is 2. The number of benzene rings is 2. The third-order valence-electron chi connectivity index (χ3n) is 5.19. The Labute approximate surface area is 191 Å². The van der Waals surface area contributed by atoms with Crippen molar-refractivity contribution in [3.8, 4) is 0 Å². The summed E-state index contributed by atoms with van der Waals surface area (Å²) in [5, 5.41) is 1.65. The molecule has 2 aliphatic heterocycles. The van der Waals surface area contributed by atoms with E-state index in [1.807, 2.05) is 24.3 Å². The Morgan fingerprint density at radius 1 is 1.03 bits per heavy atom. The fourth-order valence-electron chi connectivity index (χ4n) is 3.55. The van der Waals surface area contributed by atoms with Gasteiger partial charge in [-0.2, -0.15) is 0 Å². The summed E-state index contributed by atoms with van der Waals surface area (Å²) in [6, 6.07) is 15.5. The van der Waals surface area contributed by atoms with Gasteiger partial charge in [0.25, 0.3) is 5.91 Å². The molecule has 0 atom stereocenters. The van der Waals surface area contributed by atoms with Gasteiger partial charge in [0, 0.05) is 23.5 Å². The lowest BCUT2D eigenvalue weighted by atomic mass is 10.1. The Hall–Kier alpha value is -2.51. The van der Waals surface area contributed by atoms with Crippen LogP contribution in [-0.4, -0.2) is 34.8 Å². The number of amidine groups is 1. The summed E-state index contributed by atoms with van der Waals surface area (Å²) >= 11 is 3.08. The highest BCUT2D eigenvalue weighted by Gasteiger charge is 2.39. The van der Waals surface area contributed by atoms with Gasteiger partial charge in [-0.1, -0.05) is 49.4 Å². The van der Waals surface area contributed by atoms with E-state index >= 15 is 0 Å². The molecule has 160 valence electrons. The van der Waals surface area contributed by atoms with Crippen LogP contribution in [0.2, 0.25) is 0 Å². The van der Waals surface area contributed by atoms with Crippen molar-refractivity contribution in [3.05, 3.63) is 64.0 Å². The molecule has 5 nitrogen and oxygen atoms in total. The molecule has 0 spiro atoms. The zero-order valence-electron chi connectivity index (χ0n) is 17.9. The second-order valence-electron chi connectivity index (χ2n) is 7.36. The lowest BCUT2D eigenvalue weighted by Gasteiger charge is -2.19. The number of thioether (sulfide) groups is 2. The first kappa shape index (κ1) is 21.7. The second kappa shape index (κ2) is 9.32. The summed E-state index contributed by atoms with van der Waals surface area (Å²) in [6.45, 7) is 7.18. The number of hydrogen-bond donors (Lipinski definition) is 0. The average Bonchev–Trinajstić information content (AvgIpc) is 3.29. The largest absolute Gasteiger partial charge is 0.334 e. The van der Waals surface area contributed by atoms with Crippen LogP contribution in [0.5, 0.6) is 0 Å². The van der Waals surface area contributed by atoms with Crippen molar-refractivity contribution >= 4 is 51.8 Å². The minimum absolute atomic E-state index is 0.00144. The van der Waals surface area contributed by atoms with Gasteiger partial charge in [0.05, 0.1) is 11.4 Å². The number of carbonyl (C=O) groups excluding carboxylic acids is 2. The molecule has 2 aromatic rings. The third-order valence-corrected chi connectivity index (χ3v) is 7.57. The van der Waals surface area contributed by atoms with E-state index in [4.69, 9.17) is 4.99 Å². The zero-order chi connectivity index (χ0) is 22.0. The smallest absolute Gasteiger partial charge is 0.269 e. The van der Waals surface area contributed by atoms with Crippen LogP contribution in [0.1, 0.15) is 44.0 Å². The summed E-state index contributed by atoms with van der Waals surface area (Å²) in [7, 11) is 0. The van der Waals surface area contributed by atoms with Crippen molar-refractivity contribution < 1.29 is 9.59 Å². The maximum absolute atomic E-state index is 13.5. The number of unbranched alkanes of at least 4 members (excludes halogenated alkanes) is 1. The standard InChI is InChI=1S/C24H25N3O2S2/c1-4-6-14-27-22(29)21(23-26(5-2)19-12-7-8-13-20(19)30-23)31-24(27)25-18-11-9-10-17(15-18)16(3)28/h7-13,15H,4-6,14H2,1-3H3. The van der Waals surface area contributed by atoms with Crippen LogP contribution in [0.25, 0.3) is 0 Å². The van der Waals surface area contributed by atoms with E-state index in [1.165, 1.54) is 16.7 Å². The predicted octanol–water partition coefficient (Wildman–Crippen LogP) is 6.05. The van der Waals surface area contributed by atoms with Gasteiger partial charge in [0.1, 0.15) is 9.93 Å². The Bertz CT molecular complexity index is 1090. The fourth-order valence-corrected chi connectivity index (χ4v) is 5.97. The lowest BCUT2D eigenvalue weighted by molar-refractivity contribution is -0.122. The molecule has 0 bridgehead atoms. The number of hydrogen-bond acceptors (Lipinski definition) is 6. The zero-order valence-corrected chi connectivity index (χ0v) is 19.6. The predicted molar refractivity (Wildman–Crippen MR) is 130 cm³/mol. The van der Waals surface area contributed by atoms with Crippen molar-refractivity contribution in [2.75, 3.05) is 18.0 Å². The monoisotopic (exact) mass is 451 g/mol. The van der Waals surface area contributed by atoms with Crippen LogP contribution in [0.3, 0.4) is 0 Å². The number of Topliss-reactive ketones (excluding diaryl/α,β-unsaturated/α-hetero) is 1. The molecule has 1 amide bonds. The molecule has 0 radical (unpaired) electrons. The Morgan fingerprint density at radius 2 is 1.84 bits per heavy atom. The molecule has 0 N–H and O–H groups in total. The Kier molecular flexibility index (Phi) is 6.53. The Morgan fingerprint density at radius 3 is 2.58 bits per heavy atom. The van der Waals surface area contributed by atoms with Crippen LogP contribution >= 0.6 is 23.5 Å². The van der Waals surface area contributed by atoms with Crippen LogP contribution in [-0.2, 0) is 4.79 Å². The maximum Gasteiger partial charge on any atom is 0.269 e. The number of para-hydroxylation sites is 1. The molecule has 2 heterocycles. The second-order valence-corrected chi connectivity index (χ2v) is 9.37. The van der Waals surface area contributed by atoms with Gasteiger partial charge in [0.15, 0.2) is 11.0 Å². The molecular weight excluding hydrogens is 426 g/mol. The van der Waals surface area contributed by atoms with Crippen LogP contribution in [0, 0.1) is 0 Å². The number of aliphatic imine (C=N–C) groups is 1. The average molecular weight is 452 g/mol. The first-order chi connectivity index (χ1) is 15.0. The summed E-state index contributed by atoms with van der Waals surface area (Å²) in [5.41, 5.74) is 2.45. The van der Waals surface area contributed by atoms with Gasteiger partial charge in [0.2, 0.25) is 0 Å². The Balaban J connectivity index is 1.74. The van der Waals surface area contributed by atoms with E-state index in [9.17, 15) is 9.59 Å². The first-order valence-corrected chi connectivity index (χ1v) is 12.1. The summed E-state index contributed by atoms with van der Waals surface area (Å²) < 4.78 is 0. The molecule has 1 saturated heterocycles. The first-order valence-electron chi connectivity index (χ1n) is 10.5. The number of amides is 1. The highest BCUT2D eigenvalue weighted by Crippen LogP contribution is 2.50. The van der Waals surface area contributed by atoms with Crippen molar-refractivity contribution in [1.29, 1.82) is 0 Å². The molecule has 0 saturated carbocycles. The van der Waals surface area contributed by atoms with Crippen LogP contribution in [0.15, 0.2) is 68.4 Å². The molecule has 0 aromatic heterocycles. The van der Waals surface area contributed by atoms with Gasteiger partial charge in [-0.25, -0.2) is 4.99 Å². The number of ketones is 1. The molecule has 0 unspecified atom stereocenters. The van der Waals surface area contributed by atoms with Gasteiger partial charge in [-0.15, -0.1) is 0 Å². The van der Waals surface area contributed by atoms with Crippen molar-refractivity contribution in [2.24, 2.45) is 4.99 Å². The number of fused-ring (bicyclic) bond motifs is 1. The van der Waals surface area contributed by atoms with Crippen molar-refractivity contribution in [3.63, 3.8) is 0 Å². The summed E-state index contributed by atoms with van der Waals surface area (Å²) in [6.07, 6.45) is 1.90. The summed E-state index contributed by atoms with van der Waals surface area (Å²) in [5.74, 6) is 0.00948. The highest BCUT2D eigenvalue weighted by molar-refractivity contribution is 8.19. The SMILES string of the molecule is CCCCN1C(=O)C(=C2Sc3ccccc3N2CC)SC1=Nc1cccc(C(C)=O)c1. The van der Waals surface area contributed by atoms with E-state index < -0.39 is 0 Å². The summed E-state index contributed by atoms with van der Waals surface area (Å²) in [4.78, 5) is 35.9. The van der Waals surface area contributed by atoms with Gasteiger partial charge >= 0.3 is 0 Å².